The third-order valence-corrected chi connectivity index (χ3v) is 4.71. The fourth-order valence-corrected chi connectivity index (χ4v) is 3.15. The predicted molar refractivity (Wildman–Crippen MR) is 82.0 cm³/mol. The molecule has 7 heteroatoms. The van der Waals surface area contributed by atoms with Crippen LogP contribution in [0.25, 0.3) is 0 Å². The fourth-order valence-electron chi connectivity index (χ4n) is 2.92. The molecule has 4 rings (SSSR count). The first-order valence-corrected chi connectivity index (χ1v) is 8.11. The number of furan rings is 1. The molecule has 2 N–H and O–H groups in total. The molecule has 0 aliphatic heterocycles. The van der Waals surface area contributed by atoms with Crippen molar-refractivity contribution in [3.63, 3.8) is 0 Å². The maximum atomic E-state index is 12.1. The van der Waals surface area contributed by atoms with Crippen LogP contribution in [0, 0.1) is 10.7 Å². The first-order valence-electron chi connectivity index (χ1n) is 7.70. The van der Waals surface area contributed by atoms with Crippen molar-refractivity contribution >= 4 is 18.1 Å². The van der Waals surface area contributed by atoms with E-state index >= 15 is 0 Å². The molecule has 2 saturated carbocycles. The molecule has 6 nitrogen and oxygen atoms in total. The minimum Gasteiger partial charge on any atom is -0.469 e. The van der Waals surface area contributed by atoms with Crippen LogP contribution in [0.4, 0.5) is 0 Å². The monoisotopic (exact) mass is 318 g/mol. The minimum atomic E-state index is 0.0476. The average Bonchev–Trinajstić information content (AvgIpc) is 3.43. The molecule has 0 aromatic carbocycles. The van der Waals surface area contributed by atoms with E-state index in [4.69, 9.17) is 16.6 Å². The van der Waals surface area contributed by atoms with Gasteiger partial charge < -0.3 is 14.3 Å². The van der Waals surface area contributed by atoms with Crippen LogP contribution in [0.1, 0.15) is 42.7 Å². The van der Waals surface area contributed by atoms with Gasteiger partial charge in [-0.05, 0) is 43.6 Å². The Hall–Kier alpha value is -1.89. The first kappa shape index (κ1) is 13.8. The molecule has 2 atom stereocenters. The van der Waals surface area contributed by atoms with Crippen LogP contribution < -0.4 is 5.32 Å². The molecule has 0 unspecified atom stereocenters. The van der Waals surface area contributed by atoms with Crippen LogP contribution in [-0.4, -0.2) is 27.2 Å². The number of hydrogen-bond acceptors (Lipinski definition) is 4. The van der Waals surface area contributed by atoms with Crippen LogP contribution in [-0.2, 0) is 11.3 Å². The Kier molecular flexibility index (Phi) is 3.37. The van der Waals surface area contributed by atoms with Crippen LogP contribution in [0.15, 0.2) is 22.8 Å². The van der Waals surface area contributed by atoms with Crippen LogP contribution in [0.2, 0.25) is 0 Å². The Morgan fingerprint density at radius 2 is 2.41 bits per heavy atom. The van der Waals surface area contributed by atoms with Gasteiger partial charge in [-0.3, -0.25) is 9.89 Å². The largest absolute Gasteiger partial charge is 0.469 e. The summed E-state index contributed by atoms with van der Waals surface area (Å²) in [6, 6.07) is 3.80. The van der Waals surface area contributed by atoms with Gasteiger partial charge in [0.15, 0.2) is 4.77 Å². The molecule has 2 aromatic heterocycles. The zero-order valence-electron chi connectivity index (χ0n) is 12.1. The Morgan fingerprint density at radius 3 is 3.14 bits per heavy atom. The molecule has 116 valence electrons. The SMILES string of the molecule is O=C(NCCn1c(C2CC2)n[nH]c1=S)[C@@H]1C[C@H]1c1ccco1. The molecule has 2 aliphatic rings. The molecule has 0 spiro atoms. The molecule has 1 amide bonds. The summed E-state index contributed by atoms with van der Waals surface area (Å²) < 4.78 is 8.00. The second kappa shape index (κ2) is 5.39. The molecular formula is C15H18N4O2S. The van der Waals surface area contributed by atoms with E-state index in [1.807, 2.05) is 16.7 Å². The number of nitrogens with zero attached hydrogens (tertiary/aromatic N) is 2. The smallest absolute Gasteiger partial charge is 0.223 e. The van der Waals surface area contributed by atoms with E-state index in [0.717, 1.165) is 18.0 Å². The third-order valence-electron chi connectivity index (χ3n) is 4.40. The molecule has 2 fully saturated rings. The van der Waals surface area contributed by atoms with E-state index in [1.165, 1.54) is 12.8 Å². The van der Waals surface area contributed by atoms with E-state index in [0.29, 0.717) is 23.8 Å². The lowest BCUT2D eigenvalue weighted by Crippen LogP contribution is -2.29. The van der Waals surface area contributed by atoms with Gasteiger partial charge in [-0.1, -0.05) is 0 Å². The summed E-state index contributed by atoms with van der Waals surface area (Å²) in [6.45, 7) is 1.25. The van der Waals surface area contributed by atoms with Crippen molar-refractivity contribution in [1.82, 2.24) is 20.1 Å². The van der Waals surface area contributed by atoms with Crippen molar-refractivity contribution in [3.8, 4) is 0 Å². The van der Waals surface area contributed by atoms with Gasteiger partial charge in [0.05, 0.1) is 6.26 Å². The summed E-state index contributed by atoms with van der Waals surface area (Å²) in [5.74, 6) is 2.87. The number of carbonyl (C=O) groups excluding carboxylic acids is 1. The molecule has 0 bridgehead atoms. The lowest BCUT2D eigenvalue weighted by Gasteiger charge is -2.07. The van der Waals surface area contributed by atoms with Gasteiger partial charge >= 0.3 is 0 Å². The lowest BCUT2D eigenvalue weighted by molar-refractivity contribution is -0.122. The number of nitrogens with one attached hydrogen (secondary N) is 2. The Bertz CT molecular complexity index is 729. The van der Waals surface area contributed by atoms with E-state index in [2.05, 4.69) is 15.5 Å². The van der Waals surface area contributed by atoms with Crippen LogP contribution >= 0.6 is 12.2 Å². The second-order valence-electron chi connectivity index (χ2n) is 6.07. The summed E-state index contributed by atoms with van der Waals surface area (Å²) in [4.78, 5) is 12.1. The number of hydrogen-bond donors (Lipinski definition) is 2. The van der Waals surface area contributed by atoms with Gasteiger partial charge in [-0.2, -0.15) is 5.10 Å². The van der Waals surface area contributed by atoms with Crippen LogP contribution in [0.3, 0.4) is 0 Å². The van der Waals surface area contributed by atoms with Crippen molar-refractivity contribution in [2.45, 2.75) is 37.6 Å². The highest BCUT2D eigenvalue weighted by molar-refractivity contribution is 7.71. The number of aromatic nitrogens is 3. The normalized spacial score (nSPS) is 23.5. The van der Waals surface area contributed by atoms with Gasteiger partial charge in [-0.15, -0.1) is 0 Å². The summed E-state index contributed by atoms with van der Waals surface area (Å²) >= 11 is 5.26. The topological polar surface area (TPSA) is 75.8 Å². The second-order valence-corrected chi connectivity index (χ2v) is 6.45. The zero-order chi connectivity index (χ0) is 15.1. The van der Waals surface area contributed by atoms with Gasteiger partial charge in [0.2, 0.25) is 5.91 Å². The number of aromatic amines is 1. The van der Waals surface area contributed by atoms with E-state index in [-0.39, 0.29) is 17.7 Å². The highest BCUT2D eigenvalue weighted by atomic mass is 32.1. The van der Waals surface area contributed by atoms with Crippen molar-refractivity contribution in [2.75, 3.05) is 6.54 Å². The number of rotatable bonds is 6. The summed E-state index contributed by atoms with van der Waals surface area (Å²) in [5.41, 5.74) is 0. The van der Waals surface area contributed by atoms with Crippen molar-refractivity contribution < 1.29 is 9.21 Å². The highest BCUT2D eigenvalue weighted by Crippen LogP contribution is 2.47. The Labute approximate surface area is 132 Å². The minimum absolute atomic E-state index is 0.0476. The molecular weight excluding hydrogens is 300 g/mol. The number of carbonyl (C=O) groups is 1. The maximum Gasteiger partial charge on any atom is 0.223 e. The molecule has 0 radical (unpaired) electrons. The molecule has 2 heterocycles. The van der Waals surface area contributed by atoms with Gasteiger partial charge in [0.1, 0.15) is 11.6 Å². The summed E-state index contributed by atoms with van der Waals surface area (Å²) in [5, 5.41) is 10.1. The maximum absolute atomic E-state index is 12.1. The van der Waals surface area contributed by atoms with E-state index in [9.17, 15) is 4.79 Å². The molecule has 22 heavy (non-hydrogen) atoms. The first-order chi connectivity index (χ1) is 10.7. The third kappa shape index (κ3) is 2.61. The standard InChI is InChI=1S/C15H18N4O2S/c20-14(11-8-10(11)12-2-1-7-21-12)16-5-6-19-13(9-3-4-9)17-18-15(19)22/h1-2,7,9-11H,3-6,8H2,(H,16,20)(H,18,22)/t10-,11-/m1/s1. The number of amides is 1. The zero-order valence-corrected chi connectivity index (χ0v) is 12.9. The van der Waals surface area contributed by atoms with E-state index < -0.39 is 0 Å². The molecule has 0 saturated heterocycles. The predicted octanol–water partition coefficient (Wildman–Crippen LogP) is 2.33. The number of H-pyrrole nitrogens is 1. The molecule has 2 aliphatic carbocycles. The summed E-state index contributed by atoms with van der Waals surface area (Å²) in [7, 11) is 0. The van der Waals surface area contributed by atoms with Crippen molar-refractivity contribution in [1.29, 1.82) is 0 Å². The summed E-state index contributed by atoms with van der Waals surface area (Å²) in [6.07, 6.45) is 4.89. The lowest BCUT2D eigenvalue weighted by atomic mass is 10.2. The fraction of sp³-hybridized carbons (Fsp3) is 0.533. The average molecular weight is 318 g/mol. The quantitative estimate of drug-likeness (QED) is 0.802. The molecule has 2 aromatic rings. The Morgan fingerprint density at radius 1 is 1.55 bits per heavy atom. The van der Waals surface area contributed by atoms with Gasteiger partial charge in [0.25, 0.3) is 0 Å². The highest BCUT2D eigenvalue weighted by Gasteiger charge is 2.45. The van der Waals surface area contributed by atoms with Crippen molar-refractivity contribution in [2.24, 2.45) is 5.92 Å². The van der Waals surface area contributed by atoms with E-state index in [1.54, 1.807) is 6.26 Å². The van der Waals surface area contributed by atoms with Crippen LogP contribution in [0.5, 0.6) is 0 Å². The Balaban J connectivity index is 1.30. The van der Waals surface area contributed by atoms with Gasteiger partial charge in [-0.25, -0.2) is 0 Å². The van der Waals surface area contributed by atoms with Crippen molar-refractivity contribution in [3.05, 3.63) is 34.8 Å². The van der Waals surface area contributed by atoms with Gasteiger partial charge in [0, 0.05) is 30.8 Å².